The minimum Gasteiger partial charge on any atom is -0.388 e. The number of nitriles is 1. The van der Waals surface area contributed by atoms with E-state index in [1.807, 2.05) is 6.92 Å². The number of ether oxygens (including phenoxy) is 1. The summed E-state index contributed by atoms with van der Waals surface area (Å²) >= 11 is 0. The topological polar surface area (TPSA) is 53.2 Å². The molecule has 0 saturated heterocycles. The molecule has 1 saturated carbocycles. The minimum absolute atomic E-state index is 0.163. The fraction of sp³-hybridized carbons (Fsp3) is 0.889. The molecule has 0 radical (unpaired) electrons. The van der Waals surface area contributed by atoms with Crippen LogP contribution in [0.3, 0.4) is 0 Å². The van der Waals surface area contributed by atoms with E-state index in [1.54, 1.807) is 6.92 Å². The molecule has 12 heavy (non-hydrogen) atoms. The third-order valence-corrected chi connectivity index (χ3v) is 2.56. The van der Waals surface area contributed by atoms with Crippen molar-refractivity contribution in [3.63, 3.8) is 0 Å². The van der Waals surface area contributed by atoms with E-state index in [9.17, 15) is 5.11 Å². The molecule has 0 aromatic carbocycles. The summed E-state index contributed by atoms with van der Waals surface area (Å²) in [6, 6.07) is 2.06. The monoisotopic (exact) mass is 169 g/mol. The van der Waals surface area contributed by atoms with Gasteiger partial charge in [0.1, 0.15) is 0 Å². The quantitative estimate of drug-likeness (QED) is 0.687. The molecule has 1 N–H and O–H groups in total. The molecule has 3 nitrogen and oxygen atoms in total. The molecule has 0 spiro atoms. The van der Waals surface area contributed by atoms with Crippen LogP contribution in [0, 0.1) is 17.2 Å². The number of hydrogen-bond donors (Lipinski definition) is 1. The summed E-state index contributed by atoms with van der Waals surface area (Å²) in [6.07, 6.45) is 1.38. The van der Waals surface area contributed by atoms with Crippen molar-refractivity contribution in [1.29, 1.82) is 5.26 Å². The first kappa shape index (κ1) is 9.50. The molecule has 0 bridgehead atoms. The van der Waals surface area contributed by atoms with Crippen LogP contribution in [0.1, 0.15) is 26.7 Å². The molecule has 1 atom stereocenters. The van der Waals surface area contributed by atoms with Crippen molar-refractivity contribution in [1.82, 2.24) is 0 Å². The van der Waals surface area contributed by atoms with Crippen LogP contribution in [-0.4, -0.2) is 23.4 Å². The Bertz CT molecular complexity index is 191. The zero-order valence-corrected chi connectivity index (χ0v) is 7.58. The lowest BCUT2D eigenvalue weighted by Gasteiger charge is -2.44. The molecular formula is C9H15NO2. The zero-order valence-electron chi connectivity index (χ0n) is 7.58. The number of hydrogen-bond acceptors (Lipinski definition) is 3. The van der Waals surface area contributed by atoms with Crippen LogP contribution >= 0.6 is 0 Å². The molecular weight excluding hydrogens is 154 g/mol. The summed E-state index contributed by atoms with van der Waals surface area (Å²) in [5, 5.41) is 18.4. The lowest BCUT2D eigenvalue weighted by molar-refractivity contribution is -0.153. The molecule has 1 aliphatic carbocycles. The van der Waals surface area contributed by atoms with E-state index >= 15 is 0 Å². The highest BCUT2D eigenvalue weighted by Crippen LogP contribution is 2.39. The van der Waals surface area contributed by atoms with Gasteiger partial charge in [0.2, 0.25) is 0 Å². The first-order valence-corrected chi connectivity index (χ1v) is 4.36. The van der Waals surface area contributed by atoms with Crippen LogP contribution in [0.5, 0.6) is 0 Å². The first-order chi connectivity index (χ1) is 5.62. The molecule has 1 rings (SSSR count). The second-order valence-electron chi connectivity index (χ2n) is 3.44. The van der Waals surface area contributed by atoms with E-state index in [2.05, 4.69) is 6.07 Å². The van der Waals surface area contributed by atoms with E-state index < -0.39 is 5.60 Å². The van der Waals surface area contributed by atoms with Crippen molar-refractivity contribution in [3.8, 4) is 6.07 Å². The summed E-state index contributed by atoms with van der Waals surface area (Å²) in [4.78, 5) is 0. The largest absolute Gasteiger partial charge is 0.388 e. The normalized spacial score (nSPS) is 36.7. The summed E-state index contributed by atoms with van der Waals surface area (Å²) in [7, 11) is 0. The standard InChI is InChI=1S/C9H15NO2/c1-3-12-8-4-9(11,5-8)7(2)6-10/h7-8,11H,3-5H2,1-2H3. The Morgan fingerprint density at radius 2 is 2.33 bits per heavy atom. The molecule has 1 unspecified atom stereocenters. The highest BCUT2D eigenvalue weighted by atomic mass is 16.5. The number of nitrogens with zero attached hydrogens (tertiary/aromatic N) is 1. The Morgan fingerprint density at radius 1 is 1.75 bits per heavy atom. The predicted octanol–water partition coefficient (Wildman–Crippen LogP) is 1.08. The molecule has 1 aliphatic rings. The maximum atomic E-state index is 9.77. The van der Waals surface area contributed by atoms with E-state index in [4.69, 9.17) is 10.00 Å². The van der Waals surface area contributed by atoms with Gasteiger partial charge in [-0.05, 0) is 13.8 Å². The van der Waals surface area contributed by atoms with Gasteiger partial charge in [-0.25, -0.2) is 0 Å². The second kappa shape index (κ2) is 3.42. The maximum Gasteiger partial charge on any atom is 0.0851 e. The van der Waals surface area contributed by atoms with Gasteiger partial charge in [0.05, 0.1) is 23.7 Å². The Balaban J connectivity index is 2.35. The third kappa shape index (κ3) is 1.60. The Kier molecular flexibility index (Phi) is 2.71. The smallest absolute Gasteiger partial charge is 0.0851 e. The Hall–Kier alpha value is -0.590. The summed E-state index contributed by atoms with van der Waals surface area (Å²) in [6.45, 7) is 4.37. The number of aliphatic hydroxyl groups is 1. The van der Waals surface area contributed by atoms with Crippen LogP contribution in [0.15, 0.2) is 0 Å². The minimum atomic E-state index is -0.783. The van der Waals surface area contributed by atoms with Gasteiger partial charge in [-0.15, -0.1) is 0 Å². The van der Waals surface area contributed by atoms with E-state index in [0.717, 1.165) is 0 Å². The van der Waals surface area contributed by atoms with Crippen LogP contribution in [0.2, 0.25) is 0 Å². The third-order valence-electron chi connectivity index (χ3n) is 2.56. The van der Waals surface area contributed by atoms with Crippen LogP contribution < -0.4 is 0 Å². The molecule has 0 amide bonds. The lowest BCUT2D eigenvalue weighted by Crippen LogP contribution is -2.52. The van der Waals surface area contributed by atoms with Crippen molar-refractivity contribution in [3.05, 3.63) is 0 Å². The summed E-state index contributed by atoms with van der Waals surface area (Å²) in [5.74, 6) is -0.283. The zero-order chi connectivity index (χ0) is 9.19. The van der Waals surface area contributed by atoms with Gasteiger partial charge >= 0.3 is 0 Å². The fourth-order valence-electron chi connectivity index (χ4n) is 1.56. The van der Waals surface area contributed by atoms with E-state index in [-0.39, 0.29) is 12.0 Å². The van der Waals surface area contributed by atoms with Crippen molar-refractivity contribution in [2.45, 2.75) is 38.4 Å². The summed E-state index contributed by atoms with van der Waals surface area (Å²) < 4.78 is 5.30. The lowest BCUT2D eigenvalue weighted by atomic mass is 9.70. The van der Waals surface area contributed by atoms with Gasteiger partial charge in [0, 0.05) is 19.4 Å². The van der Waals surface area contributed by atoms with E-state index in [0.29, 0.717) is 19.4 Å². The maximum absolute atomic E-state index is 9.77. The van der Waals surface area contributed by atoms with Gasteiger partial charge in [-0.2, -0.15) is 5.26 Å². The van der Waals surface area contributed by atoms with Crippen molar-refractivity contribution < 1.29 is 9.84 Å². The second-order valence-corrected chi connectivity index (χ2v) is 3.44. The van der Waals surface area contributed by atoms with Gasteiger partial charge in [0.15, 0.2) is 0 Å². The molecule has 3 heteroatoms. The molecule has 0 aromatic heterocycles. The van der Waals surface area contributed by atoms with Crippen molar-refractivity contribution >= 4 is 0 Å². The predicted molar refractivity (Wildman–Crippen MR) is 44.4 cm³/mol. The van der Waals surface area contributed by atoms with Crippen LogP contribution in [0.25, 0.3) is 0 Å². The molecule has 68 valence electrons. The van der Waals surface area contributed by atoms with E-state index in [1.165, 1.54) is 0 Å². The molecule has 1 fully saturated rings. The molecule has 0 aromatic rings. The SMILES string of the molecule is CCOC1CC(O)(C(C)C#N)C1. The van der Waals surface area contributed by atoms with Crippen molar-refractivity contribution in [2.75, 3.05) is 6.61 Å². The van der Waals surface area contributed by atoms with Crippen molar-refractivity contribution in [2.24, 2.45) is 5.92 Å². The summed E-state index contributed by atoms with van der Waals surface area (Å²) in [5.41, 5.74) is -0.783. The highest BCUT2D eigenvalue weighted by molar-refractivity contribution is 5.05. The van der Waals surface area contributed by atoms with Gasteiger partial charge in [-0.1, -0.05) is 0 Å². The Morgan fingerprint density at radius 3 is 2.75 bits per heavy atom. The first-order valence-electron chi connectivity index (χ1n) is 4.36. The van der Waals surface area contributed by atoms with Gasteiger partial charge < -0.3 is 9.84 Å². The van der Waals surface area contributed by atoms with Gasteiger partial charge in [0.25, 0.3) is 0 Å². The van der Waals surface area contributed by atoms with Crippen LogP contribution in [0.4, 0.5) is 0 Å². The molecule has 0 aliphatic heterocycles. The highest BCUT2D eigenvalue weighted by Gasteiger charge is 2.47. The average Bonchev–Trinajstić information content (AvgIpc) is 2.00. The van der Waals surface area contributed by atoms with Gasteiger partial charge in [-0.3, -0.25) is 0 Å². The van der Waals surface area contributed by atoms with Crippen LogP contribution in [-0.2, 0) is 4.74 Å². The fourth-order valence-corrected chi connectivity index (χ4v) is 1.56. The Labute approximate surface area is 73.0 Å². The average molecular weight is 169 g/mol. The molecule has 0 heterocycles. The number of rotatable bonds is 3.